The van der Waals surface area contributed by atoms with Crippen molar-refractivity contribution in [3.63, 3.8) is 0 Å². The zero-order chi connectivity index (χ0) is 19.6. The molecule has 1 saturated heterocycles. The third kappa shape index (κ3) is 7.81. The van der Waals surface area contributed by atoms with E-state index in [1.807, 2.05) is 48.7 Å². The van der Waals surface area contributed by atoms with Gasteiger partial charge in [0, 0.05) is 38.3 Å². The highest BCUT2D eigenvalue weighted by Crippen LogP contribution is 2.17. The molecule has 0 radical (unpaired) electrons. The summed E-state index contributed by atoms with van der Waals surface area (Å²) in [4.78, 5) is 11.4. The van der Waals surface area contributed by atoms with E-state index in [0.717, 1.165) is 49.8 Å². The molecule has 1 aliphatic heterocycles. The van der Waals surface area contributed by atoms with Gasteiger partial charge in [0.25, 0.3) is 0 Å². The van der Waals surface area contributed by atoms with Crippen LogP contribution in [0.5, 0.6) is 0 Å². The van der Waals surface area contributed by atoms with Crippen LogP contribution in [0.2, 0.25) is 0 Å². The second-order valence-corrected chi connectivity index (χ2v) is 7.16. The van der Waals surface area contributed by atoms with Crippen LogP contribution >= 0.6 is 24.0 Å². The Kier molecular flexibility index (Phi) is 10.2. The van der Waals surface area contributed by atoms with E-state index in [-0.39, 0.29) is 24.0 Å². The molecule has 0 bridgehead atoms. The van der Waals surface area contributed by atoms with Crippen molar-refractivity contribution in [3.8, 4) is 0 Å². The molecule has 0 saturated carbocycles. The molecular formula is C22H32IN5O. The topological polar surface area (TPSA) is 72.8 Å². The number of nitrogens with one attached hydrogen (secondary N) is 2. The fourth-order valence-corrected chi connectivity index (χ4v) is 3.45. The van der Waals surface area contributed by atoms with Crippen molar-refractivity contribution in [1.29, 1.82) is 0 Å². The summed E-state index contributed by atoms with van der Waals surface area (Å²) in [5, 5.41) is 17.1. The standard InChI is InChI=1S/C22H31N5O.HI/c1-2-23-22(25-17-20(28)16-18-8-4-3-5-9-18)26-19-11-14-27(15-12-19)21-10-6-7-13-24-21;/h3-10,13,19-20,28H,2,11-12,14-17H2,1H3,(H2,23,25,26);1H. The number of aromatic nitrogens is 1. The average molecular weight is 509 g/mol. The first-order valence-electron chi connectivity index (χ1n) is 10.2. The zero-order valence-corrected chi connectivity index (χ0v) is 19.3. The number of aliphatic hydroxyl groups excluding tert-OH is 1. The van der Waals surface area contributed by atoms with Crippen LogP contribution in [0.3, 0.4) is 0 Å². The number of aliphatic imine (C=N–C) groups is 1. The summed E-state index contributed by atoms with van der Waals surface area (Å²) in [5.74, 6) is 1.83. The van der Waals surface area contributed by atoms with Crippen LogP contribution in [0.25, 0.3) is 0 Å². The summed E-state index contributed by atoms with van der Waals surface area (Å²) in [6.07, 6.45) is 4.05. The van der Waals surface area contributed by atoms with Gasteiger partial charge in [0.05, 0.1) is 12.6 Å². The summed E-state index contributed by atoms with van der Waals surface area (Å²) in [7, 11) is 0. The molecule has 1 atom stereocenters. The fraction of sp³-hybridized carbons (Fsp3) is 0.455. The Balaban J connectivity index is 0.00000300. The lowest BCUT2D eigenvalue weighted by Crippen LogP contribution is -2.49. The minimum Gasteiger partial charge on any atom is -0.391 e. The maximum Gasteiger partial charge on any atom is 0.191 e. The quantitative estimate of drug-likeness (QED) is 0.304. The normalized spacial score (nSPS) is 16.1. The van der Waals surface area contributed by atoms with Gasteiger partial charge in [-0.25, -0.2) is 4.98 Å². The van der Waals surface area contributed by atoms with Crippen LogP contribution in [0.15, 0.2) is 59.7 Å². The number of rotatable bonds is 7. The number of piperidine rings is 1. The SMILES string of the molecule is CCNC(=NCC(O)Cc1ccccc1)NC1CCN(c2ccccn2)CC1.I. The summed E-state index contributed by atoms with van der Waals surface area (Å²) in [5.41, 5.74) is 1.13. The summed E-state index contributed by atoms with van der Waals surface area (Å²) in [6, 6.07) is 16.5. The molecule has 1 fully saturated rings. The van der Waals surface area contributed by atoms with Gasteiger partial charge in [-0.1, -0.05) is 36.4 Å². The summed E-state index contributed by atoms with van der Waals surface area (Å²) in [6.45, 7) is 5.20. The van der Waals surface area contributed by atoms with Gasteiger partial charge in [-0.15, -0.1) is 24.0 Å². The third-order valence-corrected chi connectivity index (χ3v) is 4.93. The third-order valence-electron chi connectivity index (χ3n) is 4.93. The van der Waals surface area contributed by atoms with Crippen molar-refractivity contribution in [2.45, 2.75) is 38.3 Å². The van der Waals surface area contributed by atoms with Crippen molar-refractivity contribution in [3.05, 3.63) is 60.3 Å². The van der Waals surface area contributed by atoms with Crippen LogP contribution in [-0.4, -0.2) is 54.4 Å². The molecule has 1 aromatic carbocycles. The maximum atomic E-state index is 10.3. The summed E-state index contributed by atoms with van der Waals surface area (Å²) < 4.78 is 0. The highest BCUT2D eigenvalue weighted by molar-refractivity contribution is 14.0. The van der Waals surface area contributed by atoms with Gasteiger partial charge in [0.15, 0.2) is 5.96 Å². The maximum absolute atomic E-state index is 10.3. The fourth-order valence-electron chi connectivity index (χ4n) is 3.45. The van der Waals surface area contributed by atoms with Gasteiger partial charge in [-0.05, 0) is 37.5 Å². The first kappa shape index (κ1) is 23.4. The number of aliphatic hydroxyl groups is 1. The second kappa shape index (κ2) is 12.6. The number of pyridine rings is 1. The molecular weight excluding hydrogens is 477 g/mol. The summed E-state index contributed by atoms with van der Waals surface area (Å²) >= 11 is 0. The Bertz CT molecular complexity index is 720. The molecule has 6 nitrogen and oxygen atoms in total. The van der Waals surface area contributed by atoms with Crippen molar-refractivity contribution < 1.29 is 5.11 Å². The van der Waals surface area contributed by atoms with E-state index in [1.165, 1.54) is 0 Å². The van der Waals surface area contributed by atoms with Crippen LogP contribution in [0, 0.1) is 0 Å². The van der Waals surface area contributed by atoms with E-state index in [2.05, 4.69) is 38.5 Å². The number of anilines is 1. The average Bonchev–Trinajstić information content (AvgIpc) is 2.74. The number of hydrogen-bond acceptors (Lipinski definition) is 4. The van der Waals surface area contributed by atoms with Gasteiger partial charge in [-0.3, -0.25) is 4.99 Å². The van der Waals surface area contributed by atoms with E-state index in [1.54, 1.807) is 0 Å². The Morgan fingerprint density at radius 3 is 2.55 bits per heavy atom. The van der Waals surface area contributed by atoms with Gasteiger partial charge < -0.3 is 20.6 Å². The van der Waals surface area contributed by atoms with Crippen molar-refractivity contribution in [2.24, 2.45) is 4.99 Å². The van der Waals surface area contributed by atoms with Gasteiger partial charge in [0.2, 0.25) is 0 Å². The Labute approximate surface area is 190 Å². The van der Waals surface area contributed by atoms with E-state index >= 15 is 0 Å². The molecule has 2 heterocycles. The van der Waals surface area contributed by atoms with Crippen molar-refractivity contribution in [2.75, 3.05) is 31.1 Å². The molecule has 158 valence electrons. The minimum absolute atomic E-state index is 0. The number of nitrogens with zero attached hydrogens (tertiary/aromatic N) is 3. The lowest BCUT2D eigenvalue weighted by Gasteiger charge is -2.33. The lowest BCUT2D eigenvalue weighted by atomic mass is 10.1. The highest BCUT2D eigenvalue weighted by Gasteiger charge is 2.20. The van der Waals surface area contributed by atoms with Gasteiger partial charge in [0.1, 0.15) is 5.82 Å². The number of benzene rings is 1. The molecule has 0 spiro atoms. The molecule has 3 rings (SSSR count). The van der Waals surface area contributed by atoms with E-state index in [9.17, 15) is 5.11 Å². The molecule has 1 aliphatic rings. The molecule has 29 heavy (non-hydrogen) atoms. The van der Waals surface area contributed by atoms with Gasteiger partial charge >= 0.3 is 0 Å². The molecule has 2 aromatic rings. The number of guanidine groups is 1. The predicted molar refractivity (Wildman–Crippen MR) is 130 cm³/mol. The Morgan fingerprint density at radius 1 is 1.17 bits per heavy atom. The van der Waals surface area contributed by atoms with Crippen LogP contribution in [0.1, 0.15) is 25.3 Å². The molecule has 1 unspecified atom stereocenters. The molecule has 1 aromatic heterocycles. The first-order chi connectivity index (χ1) is 13.7. The van der Waals surface area contributed by atoms with Crippen LogP contribution in [0.4, 0.5) is 5.82 Å². The molecule has 0 amide bonds. The number of hydrogen-bond donors (Lipinski definition) is 3. The van der Waals surface area contributed by atoms with E-state index < -0.39 is 6.10 Å². The smallest absolute Gasteiger partial charge is 0.191 e. The number of halogens is 1. The van der Waals surface area contributed by atoms with Crippen molar-refractivity contribution >= 4 is 35.8 Å². The van der Waals surface area contributed by atoms with Crippen molar-refractivity contribution in [1.82, 2.24) is 15.6 Å². The van der Waals surface area contributed by atoms with Crippen LogP contribution in [-0.2, 0) is 6.42 Å². The largest absolute Gasteiger partial charge is 0.391 e. The van der Waals surface area contributed by atoms with Crippen LogP contribution < -0.4 is 15.5 Å². The lowest BCUT2D eigenvalue weighted by molar-refractivity contribution is 0.183. The van der Waals surface area contributed by atoms with E-state index in [0.29, 0.717) is 19.0 Å². The first-order valence-corrected chi connectivity index (χ1v) is 10.2. The molecule has 0 aliphatic carbocycles. The highest BCUT2D eigenvalue weighted by atomic mass is 127. The monoisotopic (exact) mass is 509 g/mol. The Morgan fingerprint density at radius 2 is 1.90 bits per heavy atom. The van der Waals surface area contributed by atoms with Gasteiger partial charge in [-0.2, -0.15) is 0 Å². The second-order valence-electron chi connectivity index (χ2n) is 7.16. The predicted octanol–water partition coefficient (Wildman–Crippen LogP) is 2.83. The minimum atomic E-state index is -0.483. The molecule has 7 heteroatoms. The zero-order valence-electron chi connectivity index (χ0n) is 17.0. The Hall–Kier alpha value is -1.87. The molecule has 3 N–H and O–H groups in total. The van der Waals surface area contributed by atoms with E-state index in [4.69, 9.17) is 0 Å².